The van der Waals surface area contributed by atoms with Crippen LogP contribution in [-0.2, 0) is 9.53 Å². The van der Waals surface area contributed by atoms with Gasteiger partial charge in [0.2, 0.25) is 0 Å². The summed E-state index contributed by atoms with van der Waals surface area (Å²) >= 11 is 1.37. The molecule has 7 heteroatoms. The highest BCUT2D eigenvalue weighted by Gasteiger charge is 2.31. The van der Waals surface area contributed by atoms with Crippen LogP contribution in [0.4, 0.5) is 0 Å². The number of carbonyl (C=O) groups is 1. The second-order valence-electron chi connectivity index (χ2n) is 5.90. The zero-order valence-corrected chi connectivity index (χ0v) is 14.7. The number of morpholine rings is 1. The van der Waals surface area contributed by atoms with E-state index in [4.69, 9.17) is 9.47 Å². The summed E-state index contributed by atoms with van der Waals surface area (Å²) in [5, 5.41) is 10.4. The highest BCUT2D eigenvalue weighted by molar-refractivity contribution is 8.18. The summed E-state index contributed by atoms with van der Waals surface area (Å²) in [6, 6.07) is 4.96. The third kappa shape index (κ3) is 3.57. The number of thioether (sulfide) groups is 1. The first-order chi connectivity index (χ1) is 11.5. The molecular weight excluding hydrogens is 328 g/mol. The van der Waals surface area contributed by atoms with Gasteiger partial charge in [-0.05, 0) is 49.4 Å². The number of rotatable bonds is 2. The molecule has 1 aromatic rings. The SMILES string of the molecule is COc1cc(/C=C2\SC(N3C[C@H](C)O[C@@H](C)C3)=NC2=O)ccc1O. The van der Waals surface area contributed by atoms with Gasteiger partial charge in [0, 0.05) is 13.1 Å². The lowest BCUT2D eigenvalue weighted by Gasteiger charge is -2.35. The topological polar surface area (TPSA) is 71.4 Å². The average Bonchev–Trinajstić information content (AvgIpc) is 2.89. The number of amidine groups is 1. The number of phenolic OH excluding ortho intramolecular Hbond substituents is 1. The number of amides is 1. The van der Waals surface area contributed by atoms with Crippen LogP contribution in [0.1, 0.15) is 19.4 Å². The summed E-state index contributed by atoms with van der Waals surface area (Å²) in [5.74, 6) is 0.198. The Hall–Kier alpha value is -1.99. The minimum atomic E-state index is -0.242. The molecule has 0 spiro atoms. The minimum Gasteiger partial charge on any atom is -0.504 e. The number of hydrogen-bond acceptors (Lipinski definition) is 6. The monoisotopic (exact) mass is 348 g/mol. The number of ether oxygens (including phenoxy) is 2. The normalized spacial score (nSPS) is 26.0. The maximum atomic E-state index is 12.2. The van der Waals surface area contributed by atoms with Crippen molar-refractivity contribution >= 4 is 28.9 Å². The summed E-state index contributed by atoms with van der Waals surface area (Å²) in [6.07, 6.45) is 1.99. The molecule has 3 rings (SSSR count). The van der Waals surface area contributed by atoms with Gasteiger partial charge in [-0.2, -0.15) is 4.99 Å². The van der Waals surface area contributed by atoms with Crippen LogP contribution in [-0.4, -0.2) is 53.5 Å². The fraction of sp³-hybridized carbons (Fsp3) is 0.412. The fourth-order valence-corrected chi connectivity index (χ4v) is 3.73. The quantitative estimate of drug-likeness (QED) is 0.828. The Morgan fingerprint density at radius 3 is 2.75 bits per heavy atom. The lowest BCUT2D eigenvalue weighted by molar-refractivity contribution is -0.113. The standard InChI is InChI=1S/C17H20N2O4S/c1-10-8-19(9-11(2)23-10)17-18-16(21)15(24-17)7-12-4-5-13(20)14(6-12)22-3/h4-7,10-11,20H,8-9H2,1-3H3/b15-7-/t10-,11-/m0/s1. The molecule has 6 nitrogen and oxygen atoms in total. The molecule has 0 aromatic heterocycles. The molecule has 0 aliphatic carbocycles. The molecule has 1 N–H and O–H groups in total. The molecule has 1 fully saturated rings. The van der Waals surface area contributed by atoms with Crippen LogP contribution in [0.25, 0.3) is 6.08 Å². The number of methoxy groups -OCH3 is 1. The summed E-state index contributed by atoms with van der Waals surface area (Å²) in [7, 11) is 1.49. The van der Waals surface area contributed by atoms with Crippen LogP contribution >= 0.6 is 11.8 Å². The Labute approximate surface area is 145 Å². The van der Waals surface area contributed by atoms with E-state index in [1.807, 2.05) is 13.8 Å². The third-order valence-corrected chi connectivity index (χ3v) is 4.85. The molecule has 2 atom stereocenters. The Kier molecular flexibility index (Phi) is 4.82. The van der Waals surface area contributed by atoms with Crippen LogP contribution in [0.15, 0.2) is 28.1 Å². The van der Waals surface area contributed by atoms with Crippen molar-refractivity contribution in [2.45, 2.75) is 26.1 Å². The Bertz CT molecular complexity index is 707. The van der Waals surface area contributed by atoms with Gasteiger partial charge in [0.1, 0.15) is 0 Å². The third-order valence-electron chi connectivity index (χ3n) is 3.80. The van der Waals surface area contributed by atoms with Crippen molar-refractivity contribution in [1.82, 2.24) is 4.90 Å². The van der Waals surface area contributed by atoms with E-state index in [1.165, 1.54) is 18.9 Å². The van der Waals surface area contributed by atoms with Gasteiger partial charge in [0.15, 0.2) is 16.7 Å². The van der Waals surface area contributed by atoms with Gasteiger partial charge in [-0.3, -0.25) is 4.79 Å². The van der Waals surface area contributed by atoms with E-state index < -0.39 is 0 Å². The highest BCUT2D eigenvalue weighted by atomic mass is 32.2. The zero-order valence-electron chi connectivity index (χ0n) is 13.9. The largest absolute Gasteiger partial charge is 0.504 e. The van der Waals surface area contributed by atoms with E-state index in [2.05, 4.69) is 9.89 Å². The molecule has 24 heavy (non-hydrogen) atoms. The Morgan fingerprint density at radius 2 is 2.08 bits per heavy atom. The van der Waals surface area contributed by atoms with Gasteiger partial charge < -0.3 is 19.5 Å². The first kappa shape index (κ1) is 16.9. The molecule has 128 valence electrons. The summed E-state index contributed by atoms with van der Waals surface area (Å²) in [5.41, 5.74) is 0.778. The van der Waals surface area contributed by atoms with E-state index in [0.29, 0.717) is 10.7 Å². The number of carbonyl (C=O) groups excluding carboxylic acids is 1. The maximum Gasteiger partial charge on any atom is 0.286 e. The Balaban J connectivity index is 1.77. The number of phenols is 1. The molecule has 0 bridgehead atoms. The van der Waals surface area contributed by atoms with Crippen molar-refractivity contribution in [1.29, 1.82) is 0 Å². The average molecular weight is 348 g/mol. The van der Waals surface area contributed by atoms with Gasteiger partial charge in [0.25, 0.3) is 5.91 Å². The molecule has 0 unspecified atom stereocenters. The second-order valence-corrected chi connectivity index (χ2v) is 6.91. The van der Waals surface area contributed by atoms with Crippen LogP contribution in [0.3, 0.4) is 0 Å². The van der Waals surface area contributed by atoms with Crippen molar-refractivity contribution < 1.29 is 19.4 Å². The van der Waals surface area contributed by atoms with Gasteiger partial charge >= 0.3 is 0 Å². The molecule has 2 aliphatic rings. The first-order valence-corrected chi connectivity index (χ1v) is 8.58. The molecular formula is C17H20N2O4S. The smallest absolute Gasteiger partial charge is 0.286 e. The van der Waals surface area contributed by atoms with Crippen molar-refractivity contribution in [3.8, 4) is 11.5 Å². The number of hydrogen-bond donors (Lipinski definition) is 1. The van der Waals surface area contributed by atoms with Crippen LogP contribution in [0.2, 0.25) is 0 Å². The second kappa shape index (κ2) is 6.86. The molecule has 1 amide bonds. The summed E-state index contributed by atoms with van der Waals surface area (Å²) in [4.78, 5) is 19.0. The van der Waals surface area contributed by atoms with Crippen molar-refractivity contribution in [3.05, 3.63) is 28.7 Å². The number of aromatic hydroxyl groups is 1. The number of aliphatic imine (C=N–C) groups is 1. The van der Waals surface area contributed by atoms with Crippen LogP contribution in [0.5, 0.6) is 11.5 Å². The predicted octanol–water partition coefficient (Wildman–Crippen LogP) is 2.48. The van der Waals surface area contributed by atoms with Crippen molar-refractivity contribution in [2.75, 3.05) is 20.2 Å². The lowest BCUT2D eigenvalue weighted by Crippen LogP contribution is -2.47. The summed E-state index contributed by atoms with van der Waals surface area (Å²) in [6.45, 7) is 5.49. The first-order valence-electron chi connectivity index (χ1n) is 7.76. The van der Waals surface area contributed by atoms with E-state index in [-0.39, 0.29) is 23.9 Å². The van der Waals surface area contributed by atoms with Crippen molar-refractivity contribution in [3.63, 3.8) is 0 Å². The number of nitrogens with zero attached hydrogens (tertiary/aromatic N) is 2. The van der Waals surface area contributed by atoms with Crippen LogP contribution in [0, 0.1) is 0 Å². The van der Waals surface area contributed by atoms with Crippen molar-refractivity contribution in [2.24, 2.45) is 4.99 Å². The van der Waals surface area contributed by atoms with Gasteiger partial charge in [-0.25, -0.2) is 0 Å². The molecule has 1 aromatic carbocycles. The lowest BCUT2D eigenvalue weighted by atomic mass is 10.2. The Morgan fingerprint density at radius 1 is 1.38 bits per heavy atom. The van der Waals surface area contributed by atoms with E-state index in [9.17, 15) is 9.90 Å². The van der Waals surface area contributed by atoms with Crippen LogP contribution < -0.4 is 4.74 Å². The van der Waals surface area contributed by atoms with Gasteiger partial charge in [-0.15, -0.1) is 0 Å². The molecule has 2 aliphatic heterocycles. The minimum absolute atomic E-state index is 0.0679. The summed E-state index contributed by atoms with van der Waals surface area (Å²) < 4.78 is 10.8. The molecule has 2 heterocycles. The molecule has 0 radical (unpaired) electrons. The fourth-order valence-electron chi connectivity index (χ4n) is 2.80. The number of benzene rings is 1. The van der Waals surface area contributed by atoms with Gasteiger partial charge in [-0.1, -0.05) is 6.07 Å². The highest BCUT2D eigenvalue weighted by Crippen LogP contribution is 2.33. The zero-order chi connectivity index (χ0) is 17.3. The van der Waals surface area contributed by atoms with E-state index >= 15 is 0 Å². The van der Waals surface area contributed by atoms with E-state index in [0.717, 1.165) is 23.8 Å². The maximum absolute atomic E-state index is 12.2. The predicted molar refractivity (Wildman–Crippen MR) is 94.3 cm³/mol. The van der Waals surface area contributed by atoms with E-state index in [1.54, 1.807) is 24.3 Å². The molecule has 0 saturated carbocycles. The molecule has 1 saturated heterocycles. The van der Waals surface area contributed by atoms with Gasteiger partial charge in [0.05, 0.1) is 24.2 Å².